The zero-order chi connectivity index (χ0) is 25.3. The number of amides is 1. The van der Waals surface area contributed by atoms with Gasteiger partial charge in [0.2, 0.25) is 15.9 Å². The molecular weight excluding hydrogens is 490 g/mol. The topological polar surface area (TPSA) is 70.6 Å². The second-order valence-electron chi connectivity index (χ2n) is 9.34. The smallest absolute Gasteiger partial charge is 0.243 e. The number of aromatic nitrogens is 1. The Balaban J connectivity index is 1.45. The fourth-order valence-corrected chi connectivity index (χ4v) is 7.21. The van der Waals surface area contributed by atoms with Crippen molar-refractivity contribution in [3.63, 3.8) is 0 Å². The third-order valence-corrected chi connectivity index (χ3v) is 9.60. The molecule has 1 aromatic heterocycles. The van der Waals surface area contributed by atoms with Crippen molar-refractivity contribution in [2.24, 2.45) is 5.92 Å². The first-order valence-corrected chi connectivity index (χ1v) is 14.4. The molecule has 1 unspecified atom stereocenters. The number of thiazole rings is 1. The van der Waals surface area contributed by atoms with E-state index in [-0.39, 0.29) is 17.3 Å². The van der Waals surface area contributed by atoms with E-state index in [1.54, 1.807) is 29.2 Å². The quantitative estimate of drug-likeness (QED) is 0.335. The number of carbonyl (C=O) groups excluding carboxylic acids is 1. The zero-order valence-corrected chi connectivity index (χ0v) is 22.1. The minimum atomic E-state index is -3.67. The molecule has 1 aliphatic heterocycles. The van der Waals surface area contributed by atoms with Crippen molar-refractivity contribution in [1.29, 1.82) is 0 Å². The van der Waals surface area contributed by atoms with Crippen molar-refractivity contribution in [2.75, 3.05) is 18.0 Å². The summed E-state index contributed by atoms with van der Waals surface area (Å²) in [7, 11) is -3.67. The number of aryl methyl sites for hydroxylation is 2. The molecule has 0 saturated carbocycles. The average Bonchev–Trinajstić information content (AvgIpc) is 3.33. The van der Waals surface area contributed by atoms with Gasteiger partial charge >= 0.3 is 0 Å². The van der Waals surface area contributed by atoms with E-state index < -0.39 is 15.9 Å². The van der Waals surface area contributed by atoms with Crippen LogP contribution in [0.3, 0.4) is 0 Å². The van der Waals surface area contributed by atoms with E-state index in [1.165, 1.54) is 15.6 Å². The fourth-order valence-electron chi connectivity index (χ4n) is 4.64. The summed E-state index contributed by atoms with van der Waals surface area (Å²) in [4.78, 5) is 20.8. The first-order chi connectivity index (χ1) is 17.3. The molecule has 4 aromatic rings. The average molecular weight is 520 g/mol. The summed E-state index contributed by atoms with van der Waals surface area (Å²) >= 11 is 1.50. The van der Waals surface area contributed by atoms with Gasteiger partial charge in [0.15, 0.2) is 5.13 Å². The van der Waals surface area contributed by atoms with Gasteiger partial charge in [-0.25, -0.2) is 13.4 Å². The first-order valence-electron chi connectivity index (χ1n) is 12.1. The predicted octanol–water partition coefficient (Wildman–Crippen LogP) is 5.55. The van der Waals surface area contributed by atoms with E-state index in [1.807, 2.05) is 62.4 Å². The van der Waals surface area contributed by atoms with Crippen LogP contribution in [0.25, 0.3) is 10.2 Å². The van der Waals surface area contributed by atoms with Gasteiger partial charge in [0.05, 0.1) is 27.6 Å². The molecule has 5 rings (SSSR count). The molecule has 36 heavy (non-hydrogen) atoms. The van der Waals surface area contributed by atoms with Gasteiger partial charge in [0, 0.05) is 13.1 Å². The minimum Gasteiger partial charge on any atom is -0.283 e. The Morgan fingerprint density at radius 3 is 2.50 bits per heavy atom. The number of nitrogens with zero attached hydrogens (tertiary/aromatic N) is 3. The van der Waals surface area contributed by atoms with Gasteiger partial charge in [-0.05, 0) is 56.0 Å². The van der Waals surface area contributed by atoms with Gasteiger partial charge in [-0.15, -0.1) is 0 Å². The molecule has 186 valence electrons. The Kier molecular flexibility index (Phi) is 6.92. The van der Waals surface area contributed by atoms with Crippen LogP contribution in [0.15, 0.2) is 77.7 Å². The van der Waals surface area contributed by atoms with Crippen LogP contribution >= 0.6 is 11.3 Å². The summed E-state index contributed by atoms with van der Waals surface area (Å²) in [5.74, 6) is -0.518. The maximum absolute atomic E-state index is 14.0. The van der Waals surface area contributed by atoms with E-state index in [0.29, 0.717) is 31.1 Å². The van der Waals surface area contributed by atoms with E-state index >= 15 is 0 Å². The van der Waals surface area contributed by atoms with Gasteiger partial charge < -0.3 is 0 Å². The van der Waals surface area contributed by atoms with Gasteiger partial charge in [-0.1, -0.05) is 71.5 Å². The van der Waals surface area contributed by atoms with Crippen molar-refractivity contribution >= 4 is 42.6 Å². The number of rotatable bonds is 6. The number of para-hydroxylation sites is 1. The van der Waals surface area contributed by atoms with Crippen molar-refractivity contribution < 1.29 is 13.2 Å². The highest BCUT2D eigenvalue weighted by Crippen LogP contribution is 2.34. The van der Waals surface area contributed by atoms with Crippen LogP contribution in [0.1, 0.15) is 29.5 Å². The van der Waals surface area contributed by atoms with Crippen LogP contribution in [-0.2, 0) is 21.4 Å². The molecule has 1 saturated heterocycles. The normalized spacial score (nSPS) is 16.8. The number of sulfonamides is 1. The highest BCUT2D eigenvalue weighted by atomic mass is 32.2. The molecular formula is C28H29N3O3S2. The molecule has 0 N–H and O–H groups in total. The summed E-state index contributed by atoms with van der Waals surface area (Å²) in [6, 6.07) is 22.8. The standard InChI is InChI=1S/C28H29N3O3S2/c1-20-13-15-24(16-14-20)36(33,34)30-17-7-11-23(19-30)27(32)31(18-22-9-4-3-5-10-22)28-29-26-21(2)8-6-12-25(26)35-28/h3-6,8-10,12-16,23H,7,11,17-19H2,1-2H3. The molecule has 0 aliphatic carbocycles. The second-order valence-corrected chi connectivity index (χ2v) is 12.3. The van der Waals surface area contributed by atoms with Gasteiger partial charge in [-0.3, -0.25) is 9.69 Å². The molecule has 1 fully saturated rings. The van der Waals surface area contributed by atoms with E-state index in [4.69, 9.17) is 4.98 Å². The molecule has 3 aromatic carbocycles. The number of benzene rings is 3. The molecule has 6 nitrogen and oxygen atoms in total. The number of piperidine rings is 1. The SMILES string of the molecule is Cc1ccc(S(=O)(=O)N2CCCC(C(=O)N(Cc3ccccc3)c3nc4c(C)cccc4s3)C2)cc1. The third-order valence-electron chi connectivity index (χ3n) is 6.68. The fraction of sp³-hybridized carbons (Fsp3) is 0.286. The molecule has 1 atom stereocenters. The second kappa shape index (κ2) is 10.1. The van der Waals surface area contributed by atoms with E-state index in [0.717, 1.165) is 26.9 Å². The Bertz CT molecular complexity index is 1480. The number of anilines is 1. The summed E-state index contributed by atoms with van der Waals surface area (Å²) in [5, 5.41) is 0.645. The molecule has 1 aliphatic rings. The van der Waals surface area contributed by atoms with Crippen LogP contribution in [0.2, 0.25) is 0 Å². The van der Waals surface area contributed by atoms with Gasteiger partial charge in [0.1, 0.15) is 0 Å². The zero-order valence-electron chi connectivity index (χ0n) is 20.4. The van der Waals surface area contributed by atoms with Crippen LogP contribution in [-0.4, -0.2) is 36.7 Å². The van der Waals surface area contributed by atoms with Crippen molar-refractivity contribution in [2.45, 2.75) is 38.1 Å². The number of hydrogen-bond acceptors (Lipinski definition) is 5. The molecule has 1 amide bonds. The molecule has 0 spiro atoms. The minimum absolute atomic E-state index is 0.0839. The number of fused-ring (bicyclic) bond motifs is 1. The summed E-state index contributed by atoms with van der Waals surface area (Å²) < 4.78 is 29.2. The Hall–Kier alpha value is -3.07. The lowest BCUT2D eigenvalue weighted by atomic mass is 9.98. The van der Waals surface area contributed by atoms with Gasteiger partial charge in [0.25, 0.3) is 0 Å². The van der Waals surface area contributed by atoms with E-state index in [9.17, 15) is 13.2 Å². The van der Waals surface area contributed by atoms with Crippen LogP contribution in [0.5, 0.6) is 0 Å². The molecule has 0 radical (unpaired) electrons. The third kappa shape index (κ3) is 4.93. The summed E-state index contributed by atoms with van der Waals surface area (Å²) in [5.41, 5.74) is 3.97. The first kappa shape index (κ1) is 24.6. The van der Waals surface area contributed by atoms with Gasteiger partial charge in [-0.2, -0.15) is 4.31 Å². The maximum Gasteiger partial charge on any atom is 0.243 e. The molecule has 0 bridgehead atoms. The van der Waals surface area contributed by atoms with Crippen molar-refractivity contribution in [3.05, 3.63) is 89.5 Å². The Labute approximate surface area is 216 Å². The summed E-state index contributed by atoms with van der Waals surface area (Å²) in [6.07, 6.45) is 1.29. The van der Waals surface area contributed by atoms with E-state index in [2.05, 4.69) is 0 Å². The van der Waals surface area contributed by atoms with Crippen molar-refractivity contribution in [1.82, 2.24) is 9.29 Å². The Morgan fingerprint density at radius 1 is 1.03 bits per heavy atom. The van der Waals surface area contributed by atoms with Crippen LogP contribution in [0.4, 0.5) is 5.13 Å². The molecule has 2 heterocycles. The van der Waals surface area contributed by atoms with Crippen LogP contribution in [0, 0.1) is 19.8 Å². The monoisotopic (exact) mass is 519 g/mol. The lowest BCUT2D eigenvalue weighted by Crippen LogP contribution is -2.46. The maximum atomic E-state index is 14.0. The highest BCUT2D eigenvalue weighted by molar-refractivity contribution is 7.89. The lowest BCUT2D eigenvalue weighted by Gasteiger charge is -2.33. The lowest BCUT2D eigenvalue weighted by molar-refractivity contribution is -0.123. The number of carbonyl (C=O) groups is 1. The number of hydrogen-bond donors (Lipinski definition) is 0. The predicted molar refractivity (Wildman–Crippen MR) is 145 cm³/mol. The van der Waals surface area contributed by atoms with Crippen molar-refractivity contribution in [3.8, 4) is 0 Å². The van der Waals surface area contributed by atoms with Crippen LogP contribution < -0.4 is 4.90 Å². The highest BCUT2D eigenvalue weighted by Gasteiger charge is 2.36. The Morgan fingerprint density at radius 2 is 1.78 bits per heavy atom. The molecule has 8 heteroatoms. The largest absolute Gasteiger partial charge is 0.283 e. The summed E-state index contributed by atoms with van der Waals surface area (Å²) in [6.45, 7) is 4.92.